The van der Waals surface area contributed by atoms with Crippen LogP contribution in [0.5, 0.6) is 11.5 Å². The molecule has 118 valence electrons. The van der Waals surface area contributed by atoms with Gasteiger partial charge in [-0.1, -0.05) is 26.7 Å². The molecule has 0 atom stereocenters. The van der Waals surface area contributed by atoms with Crippen LogP contribution < -0.4 is 14.8 Å². The van der Waals surface area contributed by atoms with Crippen LogP contribution in [0.25, 0.3) is 0 Å². The summed E-state index contributed by atoms with van der Waals surface area (Å²) >= 11 is 0. The molecule has 1 N–H and O–H groups in total. The Hall–Kier alpha value is -1.22. The van der Waals surface area contributed by atoms with Gasteiger partial charge in [-0.2, -0.15) is 0 Å². The second-order valence-electron chi connectivity index (χ2n) is 6.24. The van der Waals surface area contributed by atoms with Gasteiger partial charge in [0.2, 0.25) is 0 Å². The van der Waals surface area contributed by atoms with Crippen LogP contribution >= 0.6 is 0 Å². The van der Waals surface area contributed by atoms with Crippen LogP contribution in [0.15, 0.2) is 18.2 Å². The number of ether oxygens (including phenoxy) is 2. The maximum absolute atomic E-state index is 6.30. The van der Waals surface area contributed by atoms with E-state index in [1.807, 2.05) is 6.07 Å². The van der Waals surface area contributed by atoms with E-state index in [4.69, 9.17) is 9.47 Å². The molecule has 0 saturated heterocycles. The fourth-order valence-electron chi connectivity index (χ4n) is 2.79. The zero-order valence-electron chi connectivity index (χ0n) is 13.7. The summed E-state index contributed by atoms with van der Waals surface area (Å²) in [6, 6.07) is 6.59. The van der Waals surface area contributed by atoms with Crippen molar-refractivity contribution in [1.29, 1.82) is 0 Å². The van der Waals surface area contributed by atoms with Crippen molar-refractivity contribution in [2.24, 2.45) is 0 Å². The Bertz CT molecular complexity index is 423. The molecular formula is C18H29NO2. The summed E-state index contributed by atoms with van der Waals surface area (Å²) in [6.07, 6.45) is 8.03. The maximum Gasteiger partial charge on any atom is 0.124 e. The number of hydrogen-bond acceptors (Lipinski definition) is 3. The third-order valence-corrected chi connectivity index (χ3v) is 4.06. The lowest BCUT2D eigenvalue weighted by Gasteiger charge is -2.20. The van der Waals surface area contributed by atoms with Crippen molar-refractivity contribution in [3.8, 4) is 11.5 Å². The Morgan fingerprint density at radius 2 is 1.86 bits per heavy atom. The molecule has 1 aromatic rings. The maximum atomic E-state index is 6.30. The zero-order chi connectivity index (χ0) is 15.1. The lowest BCUT2D eigenvalue weighted by molar-refractivity contribution is 0.181. The predicted octanol–water partition coefficient (Wildman–Crippen LogP) is 4.29. The van der Waals surface area contributed by atoms with E-state index in [0.29, 0.717) is 12.1 Å². The van der Waals surface area contributed by atoms with E-state index >= 15 is 0 Å². The summed E-state index contributed by atoms with van der Waals surface area (Å²) in [5, 5.41) is 3.47. The molecule has 0 aliphatic heterocycles. The molecule has 0 amide bonds. The average molecular weight is 291 g/mol. The van der Waals surface area contributed by atoms with Crippen LogP contribution in [0.4, 0.5) is 0 Å². The summed E-state index contributed by atoms with van der Waals surface area (Å²) in [4.78, 5) is 0. The summed E-state index contributed by atoms with van der Waals surface area (Å²) < 4.78 is 11.6. The Morgan fingerprint density at radius 3 is 2.48 bits per heavy atom. The van der Waals surface area contributed by atoms with Crippen LogP contribution in [0.3, 0.4) is 0 Å². The molecule has 1 aromatic carbocycles. The molecule has 0 aromatic heterocycles. The molecule has 1 fully saturated rings. The van der Waals surface area contributed by atoms with E-state index in [9.17, 15) is 0 Å². The monoisotopic (exact) mass is 291 g/mol. The van der Waals surface area contributed by atoms with Gasteiger partial charge in [0.1, 0.15) is 11.5 Å². The second-order valence-corrected chi connectivity index (χ2v) is 6.24. The molecule has 0 spiro atoms. The number of nitrogens with one attached hydrogen (secondary N) is 1. The van der Waals surface area contributed by atoms with Gasteiger partial charge >= 0.3 is 0 Å². The first-order chi connectivity index (χ1) is 10.2. The van der Waals surface area contributed by atoms with Crippen LogP contribution in [0.1, 0.15) is 57.9 Å². The molecule has 2 rings (SSSR count). The van der Waals surface area contributed by atoms with E-state index in [1.165, 1.54) is 44.1 Å². The largest absolute Gasteiger partial charge is 0.497 e. The van der Waals surface area contributed by atoms with E-state index in [0.717, 1.165) is 18.0 Å². The minimum absolute atomic E-state index is 0.374. The topological polar surface area (TPSA) is 30.5 Å². The molecule has 1 aliphatic carbocycles. The number of hydrogen-bond donors (Lipinski definition) is 1. The molecule has 3 heteroatoms. The highest BCUT2D eigenvalue weighted by atomic mass is 16.5. The first-order valence-corrected chi connectivity index (χ1v) is 8.26. The summed E-state index contributed by atoms with van der Waals surface area (Å²) in [5.41, 5.74) is 1.19. The molecule has 0 radical (unpaired) electrons. The van der Waals surface area contributed by atoms with E-state index in [-0.39, 0.29) is 0 Å². The van der Waals surface area contributed by atoms with Crippen molar-refractivity contribution < 1.29 is 9.47 Å². The molecule has 0 heterocycles. The van der Waals surface area contributed by atoms with E-state index < -0.39 is 0 Å². The fourth-order valence-corrected chi connectivity index (χ4v) is 2.79. The van der Waals surface area contributed by atoms with Crippen molar-refractivity contribution in [2.45, 2.75) is 71.1 Å². The third-order valence-electron chi connectivity index (χ3n) is 4.06. The molecule has 1 aliphatic rings. The summed E-state index contributed by atoms with van der Waals surface area (Å²) in [7, 11) is 1.71. The van der Waals surface area contributed by atoms with Crippen molar-refractivity contribution in [1.82, 2.24) is 5.32 Å². The minimum Gasteiger partial charge on any atom is -0.497 e. The van der Waals surface area contributed by atoms with Gasteiger partial charge in [-0.15, -0.1) is 0 Å². The van der Waals surface area contributed by atoms with Gasteiger partial charge in [0.05, 0.1) is 13.2 Å². The SMILES string of the molecule is COc1ccc(OC2CCCCCC2)c(CNC(C)C)c1. The van der Waals surface area contributed by atoms with E-state index in [1.54, 1.807) is 7.11 Å². The van der Waals surface area contributed by atoms with Crippen molar-refractivity contribution in [3.63, 3.8) is 0 Å². The minimum atomic E-state index is 0.374. The van der Waals surface area contributed by atoms with Gasteiger partial charge in [-0.05, 0) is 43.9 Å². The smallest absolute Gasteiger partial charge is 0.124 e. The first-order valence-electron chi connectivity index (χ1n) is 8.26. The Kier molecular flexibility index (Phi) is 6.37. The molecule has 21 heavy (non-hydrogen) atoms. The van der Waals surface area contributed by atoms with Crippen LogP contribution in [-0.2, 0) is 6.54 Å². The lowest BCUT2D eigenvalue weighted by Crippen LogP contribution is -2.23. The van der Waals surface area contributed by atoms with Crippen LogP contribution in [0, 0.1) is 0 Å². The predicted molar refractivity (Wildman–Crippen MR) is 87.1 cm³/mol. The first kappa shape index (κ1) is 16.2. The van der Waals surface area contributed by atoms with E-state index in [2.05, 4.69) is 31.3 Å². The highest BCUT2D eigenvalue weighted by Crippen LogP contribution is 2.28. The third kappa shape index (κ3) is 5.24. The molecule has 3 nitrogen and oxygen atoms in total. The second kappa shape index (κ2) is 8.28. The van der Waals surface area contributed by atoms with Gasteiger partial charge in [0.25, 0.3) is 0 Å². The highest BCUT2D eigenvalue weighted by Gasteiger charge is 2.16. The Labute approximate surface area is 129 Å². The van der Waals surface area contributed by atoms with Gasteiger partial charge in [0, 0.05) is 18.2 Å². The number of rotatable bonds is 6. The lowest BCUT2D eigenvalue weighted by atomic mass is 10.1. The van der Waals surface area contributed by atoms with Crippen LogP contribution in [-0.4, -0.2) is 19.3 Å². The molecule has 0 bridgehead atoms. The van der Waals surface area contributed by atoms with Crippen molar-refractivity contribution >= 4 is 0 Å². The molecule has 1 saturated carbocycles. The average Bonchev–Trinajstić information content (AvgIpc) is 2.74. The fraction of sp³-hybridized carbons (Fsp3) is 0.667. The summed E-state index contributed by atoms with van der Waals surface area (Å²) in [5.74, 6) is 1.90. The van der Waals surface area contributed by atoms with Gasteiger partial charge in [-0.25, -0.2) is 0 Å². The normalized spacial score (nSPS) is 16.8. The van der Waals surface area contributed by atoms with Crippen molar-refractivity contribution in [3.05, 3.63) is 23.8 Å². The zero-order valence-corrected chi connectivity index (χ0v) is 13.7. The summed E-state index contributed by atoms with van der Waals surface area (Å²) in [6.45, 7) is 5.13. The number of methoxy groups -OCH3 is 1. The Balaban J connectivity index is 2.08. The standard InChI is InChI=1S/C18H29NO2/c1-14(2)19-13-15-12-17(20-3)10-11-18(15)21-16-8-6-4-5-7-9-16/h10-12,14,16,19H,4-9,13H2,1-3H3. The van der Waals surface area contributed by atoms with Crippen molar-refractivity contribution in [2.75, 3.05) is 7.11 Å². The number of benzene rings is 1. The highest BCUT2D eigenvalue weighted by molar-refractivity contribution is 5.40. The molecule has 0 unspecified atom stereocenters. The molecular weight excluding hydrogens is 262 g/mol. The Morgan fingerprint density at radius 1 is 1.14 bits per heavy atom. The van der Waals surface area contributed by atoms with Gasteiger partial charge < -0.3 is 14.8 Å². The van der Waals surface area contributed by atoms with Gasteiger partial charge in [0.15, 0.2) is 0 Å². The van der Waals surface area contributed by atoms with Crippen LogP contribution in [0.2, 0.25) is 0 Å². The quantitative estimate of drug-likeness (QED) is 0.793. The van der Waals surface area contributed by atoms with Gasteiger partial charge in [-0.3, -0.25) is 0 Å².